The molecule has 0 aliphatic carbocycles. The molecule has 0 heterocycles. The fourth-order valence-corrected chi connectivity index (χ4v) is 2.65. The van der Waals surface area contributed by atoms with Crippen LogP contribution in [-0.4, -0.2) is 38.5 Å². The maximum atomic E-state index is 11.9. The summed E-state index contributed by atoms with van der Waals surface area (Å²) < 4.78 is 29.0. The van der Waals surface area contributed by atoms with Gasteiger partial charge in [-0.05, 0) is 24.1 Å². The molecule has 0 aliphatic heterocycles. The molecule has 0 fully saturated rings. The number of benzene rings is 1. The van der Waals surface area contributed by atoms with Crippen LogP contribution in [0.5, 0.6) is 0 Å². The van der Waals surface area contributed by atoms with E-state index in [2.05, 4.69) is 0 Å². The lowest BCUT2D eigenvalue weighted by Crippen LogP contribution is -2.13. The third kappa shape index (κ3) is 5.40. The standard InChI is InChI=1S/C13H18O5S/c1-2-7-18-8-9-19(16,17)12-5-3-11(4-6-12)10-13(14)15/h3-6H,2,7-10H2,1H3,(H,14,15). The second-order valence-electron chi connectivity index (χ2n) is 4.15. The first-order valence-electron chi connectivity index (χ1n) is 6.07. The van der Waals surface area contributed by atoms with Crippen LogP contribution >= 0.6 is 0 Å². The van der Waals surface area contributed by atoms with Gasteiger partial charge in [0.15, 0.2) is 9.84 Å². The number of hydrogen-bond donors (Lipinski definition) is 1. The van der Waals surface area contributed by atoms with Crippen molar-refractivity contribution < 1.29 is 23.1 Å². The van der Waals surface area contributed by atoms with Crippen LogP contribution in [0, 0.1) is 0 Å². The molecular formula is C13H18O5S. The Kier molecular flexibility index (Phi) is 5.98. The Morgan fingerprint density at radius 1 is 1.21 bits per heavy atom. The van der Waals surface area contributed by atoms with Gasteiger partial charge in [-0.15, -0.1) is 0 Å². The predicted molar refractivity (Wildman–Crippen MR) is 70.9 cm³/mol. The number of carboxylic acid groups (broad SMARTS) is 1. The van der Waals surface area contributed by atoms with Gasteiger partial charge in [0.25, 0.3) is 0 Å². The quantitative estimate of drug-likeness (QED) is 0.733. The van der Waals surface area contributed by atoms with Crippen molar-refractivity contribution in [2.45, 2.75) is 24.7 Å². The largest absolute Gasteiger partial charge is 0.481 e. The first kappa shape index (κ1) is 15.7. The van der Waals surface area contributed by atoms with Crippen molar-refractivity contribution in [3.63, 3.8) is 0 Å². The molecule has 0 radical (unpaired) electrons. The molecule has 0 amide bonds. The number of rotatable bonds is 8. The number of ether oxygens (including phenoxy) is 1. The van der Waals surface area contributed by atoms with Gasteiger partial charge >= 0.3 is 5.97 Å². The van der Waals surface area contributed by atoms with Gasteiger partial charge in [0, 0.05) is 6.61 Å². The summed E-state index contributed by atoms with van der Waals surface area (Å²) in [5.74, 6) is -1.01. The summed E-state index contributed by atoms with van der Waals surface area (Å²) in [7, 11) is -3.36. The van der Waals surface area contributed by atoms with Crippen LogP contribution in [-0.2, 0) is 25.8 Å². The van der Waals surface area contributed by atoms with E-state index in [-0.39, 0.29) is 23.7 Å². The number of hydrogen-bond acceptors (Lipinski definition) is 4. The molecule has 5 nitrogen and oxygen atoms in total. The average molecular weight is 286 g/mol. The zero-order valence-electron chi connectivity index (χ0n) is 10.8. The molecule has 106 valence electrons. The molecule has 0 aliphatic rings. The van der Waals surface area contributed by atoms with Gasteiger partial charge in [-0.2, -0.15) is 0 Å². The normalized spacial score (nSPS) is 11.4. The second-order valence-corrected chi connectivity index (χ2v) is 6.25. The number of aliphatic carboxylic acids is 1. The van der Waals surface area contributed by atoms with Crippen LogP contribution in [0.15, 0.2) is 29.2 Å². The van der Waals surface area contributed by atoms with Crippen molar-refractivity contribution in [3.05, 3.63) is 29.8 Å². The summed E-state index contributed by atoms with van der Waals surface area (Å²) in [4.78, 5) is 10.7. The zero-order valence-corrected chi connectivity index (χ0v) is 11.6. The monoisotopic (exact) mass is 286 g/mol. The first-order chi connectivity index (χ1) is 8.95. The van der Waals surface area contributed by atoms with E-state index in [1.54, 1.807) is 0 Å². The molecule has 0 spiro atoms. The highest BCUT2D eigenvalue weighted by Gasteiger charge is 2.14. The molecule has 6 heteroatoms. The molecule has 0 saturated heterocycles. The second kappa shape index (κ2) is 7.25. The van der Waals surface area contributed by atoms with Gasteiger partial charge in [0.1, 0.15) is 0 Å². The van der Waals surface area contributed by atoms with E-state index < -0.39 is 15.8 Å². The van der Waals surface area contributed by atoms with Crippen molar-refractivity contribution in [2.75, 3.05) is 19.0 Å². The molecule has 0 unspecified atom stereocenters. The van der Waals surface area contributed by atoms with E-state index >= 15 is 0 Å². The molecule has 0 aromatic heterocycles. The maximum absolute atomic E-state index is 11.9. The summed E-state index contributed by atoms with van der Waals surface area (Å²) in [6.07, 6.45) is 0.740. The molecule has 19 heavy (non-hydrogen) atoms. The summed E-state index contributed by atoms with van der Waals surface area (Å²) in [5, 5.41) is 8.63. The van der Waals surface area contributed by atoms with Crippen molar-refractivity contribution >= 4 is 15.8 Å². The van der Waals surface area contributed by atoms with Gasteiger partial charge in [-0.3, -0.25) is 4.79 Å². The van der Waals surface area contributed by atoms with Crippen LogP contribution in [0.2, 0.25) is 0 Å². The zero-order chi connectivity index (χ0) is 14.3. The fourth-order valence-electron chi connectivity index (χ4n) is 1.52. The van der Waals surface area contributed by atoms with Crippen LogP contribution < -0.4 is 0 Å². The highest BCUT2D eigenvalue weighted by atomic mass is 32.2. The molecule has 1 rings (SSSR count). The van der Waals surface area contributed by atoms with E-state index in [1.807, 2.05) is 6.92 Å². The Morgan fingerprint density at radius 2 is 1.84 bits per heavy atom. The lowest BCUT2D eigenvalue weighted by molar-refractivity contribution is -0.136. The van der Waals surface area contributed by atoms with E-state index in [0.717, 1.165) is 6.42 Å². The van der Waals surface area contributed by atoms with Crippen LogP contribution in [0.1, 0.15) is 18.9 Å². The molecule has 1 N–H and O–H groups in total. The van der Waals surface area contributed by atoms with Crippen molar-refractivity contribution in [1.29, 1.82) is 0 Å². The maximum Gasteiger partial charge on any atom is 0.307 e. The highest BCUT2D eigenvalue weighted by molar-refractivity contribution is 7.91. The first-order valence-corrected chi connectivity index (χ1v) is 7.72. The van der Waals surface area contributed by atoms with E-state index in [4.69, 9.17) is 9.84 Å². The lowest BCUT2D eigenvalue weighted by atomic mass is 10.2. The van der Waals surface area contributed by atoms with Crippen molar-refractivity contribution in [1.82, 2.24) is 0 Å². The number of sulfone groups is 1. The Balaban J connectivity index is 2.65. The van der Waals surface area contributed by atoms with Gasteiger partial charge in [-0.25, -0.2) is 8.42 Å². The van der Waals surface area contributed by atoms with Crippen molar-refractivity contribution in [3.8, 4) is 0 Å². The fraction of sp³-hybridized carbons (Fsp3) is 0.462. The van der Waals surface area contributed by atoms with Crippen LogP contribution in [0.3, 0.4) is 0 Å². The Labute approximate surface area is 113 Å². The third-order valence-electron chi connectivity index (χ3n) is 2.48. The molecule has 0 atom stereocenters. The molecular weight excluding hydrogens is 268 g/mol. The molecule has 0 saturated carbocycles. The third-order valence-corrected chi connectivity index (χ3v) is 4.18. The highest BCUT2D eigenvalue weighted by Crippen LogP contribution is 2.13. The van der Waals surface area contributed by atoms with Gasteiger partial charge in [0.2, 0.25) is 0 Å². The summed E-state index contributed by atoms with van der Waals surface area (Å²) >= 11 is 0. The van der Waals surface area contributed by atoms with Gasteiger partial charge < -0.3 is 9.84 Å². The minimum absolute atomic E-state index is 0.0642. The summed E-state index contributed by atoms with van der Waals surface area (Å²) in [6.45, 7) is 2.68. The number of carboxylic acids is 1. The number of carbonyl (C=O) groups is 1. The smallest absolute Gasteiger partial charge is 0.307 e. The lowest BCUT2D eigenvalue weighted by Gasteiger charge is -2.06. The predicted octanol–water partition coefficient (Wildman–Crippen LogP) is 1.51. The molecule has 1 aromatic carbocycles. The average Bonchev–Trinajstić information content (AvgIpc) is 2.35. The topological polar surface area (TPSA) is 80.7 Å². The van der Waals surface area contributed by atoms with Gasteiger partial charge in [0.05, 0.1) is 23.7 Å². The summed E-state index contributed by atoms with van der Waals surface area (Å²) in [5.41, 5.74) is 0.577. The van der Waals surface area contributed by atoms with Crippen LogP contribution in [0.4, 0.5) is 0 Å². The van der Waals surface area contributed by atoms with E-state index in [9.17, 15) is 13.2 Å². The Hall–Kier alpha value is -1.40. The Morgan fingerprint density at radius 3 is 2.37 bits per heavy atom. The van der Waals surface area contributed by atoms with Crippen LogP contribution in [0.25, 0.3) is 0 Å². The molecule has 0 bridgehead atoms. The van der Waals surface area contributed by atoms with Gasteiger partial charge in [-0.1, -0.05) is 19.1 Å². The minimum atomic E-state index is -3.36. The minimum Gasteiger partial charge on any atom is -0.481 e. The van der Waals surface area contributed by atoms with E-state index in [1.165, 1.54) is 24.3 Å². The summed E-state index contributed by atoms with van der Waals surface area (Å²) in [6, 6.07) is 5.92. The van der Waals surface area contributed by atoms with Crippen molar-refractivity contribution in [2.24, 2.45) is 0 Å². The van der Waals surface area contributed by atoms with E-state index in [0.29, 0.717) is 12.2 Å². The molecule has 1 aromatic rings. The SMILES string of the molecule is CCCOCCS(=O)(=O)c1ccc(CC(=O)O)cc1. The Bertz CT molecular complexity index is 504.